The molecule has 0 fully saturated rings. The second kappa shape index (κ2) is 3.85. The lowest BCUT2D eigenvalue weighted by atomic mass is 9.94. The summed E-state index contributed by atoms with van der Waals surface area (Å²) in [6.45, 7) is 6.42. The molecule has 0 radical (unpaired) electrons. The number of rotatable bonds is 1. The normalized spacial score (nSPS) is 10.3. The van der Waals surface area contributed by atoms with Crippen molar-refractivity contribution in [2.75, 3.05) is 0 Å². The van der Waals surface area contributed by atoms with Gasteiger partial charge in [-0.05, 0) is 54.7 Å². The fraction of sp³-hybridized carbons (Fsp3) is 0.214. The SMILES string of the molecule is Cc1cnccc1-c1c(C)cccc1C. The summed E-state index contributed by atoms with van der Waals surface area (Å²) in [5, 5.41) is 0. The van der Waals surface area contributed by atoms with E-state index in [1.807, 2.05) is 12.4 Å². The molecule has 0 saturated carbocycles. The smallest absolute Gasteiger partial charge is 0.0303 e. The zero-order chi connectivity index (χ0) is 10.8. The fourth-order valence-electron chi connectivity index (χ4n) is 1.99. The van der Waals surface area contributed by atoms with Gasteiger partial charge in [-0.3, -0.25) is 4.98 Å². The van der Waals surface area contributed by atoms with Crippen LogP contribution in [0.15, 0.2) is 36.7 Å². The minimum absolute atomic E-state index is 1.23. The van der Waals surface area contributed by atoms with Gasteiger partial charge in [0, 0.05) is 12.4 Å². The Balaban J connectivity index is 2.69. The molecule has 0 aliphatic heterocycles. The van der Waals surface area contributed by atoms with Crippen molar-refractivity contribution in [3.05, 3.63) is 53.3 Å². The Morgan fingerprint density at radius 3 is 2.13 bits per heavy atom. The molecule has 1 aromatic carbocycles. The molecule has 0 aliphatic rings. The van der Waals surface area contributed by atoms with Crippen molar-refractivity contribution in [3.63, 3.8) is 0 Å². The number of aromatic nitrogens is 1. The van der Waals surface area contributed by atoms with Crippen LogP contribution < -0.4 is 0 Å². The van der Waals surface area contributed by atoms with Crippen LogP contribution in [0, 0.1) is 20.8 Å². The predicted octanol–water partition coefficient (Wildman–Crippen LogP) is 3.67. The van der Waals surface area contributed by atoms with E-state index < -0.39 is 0 Å². The van der Waals surface area contributed by atoms with Crippen LogP contribution in [0.4, 0.5) is 0 Å². The third-order valence-corrected chi connectivity index (χ3v) is 2.77. The summed E-state index contributed by atoms with van der Waals surface area (Å²) in [6.07, 6.45) is 3.77. The third kappa shape index (κ3) is 1.78. The summed E-state index contributed by atoms with van der Waals surface area (Å²) < 4.78 is 0. The lowest BCUT2D eigenvalue weighted by Gasteiger charge is -2.11. The van der Waals surface area contributed by atoms with E-state index in [0.29, 0.717) is 0 Å². The first-order valence-corrected chi connectivity index (χ1v) is 5.17. The molecule has 76 valence electrons. The Morgan fingerprint density at radius 1 is 0.867 bits per heavy atom. The molecule has 0 N–H and O–H groups in total. The number of nitrogens with zero attached hydrogens (tertiary/aromatic N) is 1. The van der Waals surface area contributed by atoms with Crippen LogP contribution in [-0.4, -0.2) is 4.98 Å². The van der Waals surface area contributed by atoms with Crippen molar-refractivity contribution < 1.29 is 0 Å². The van der Waals surface area contributed by atoms with Crippen LogP contribution in [0.5, 0.6) is 0 Å². The first-order valence-electron chi connectivity index (χ1n) is 5.17. The maximum absolute atomic E-state index is 4.13. The number of benzene rings is 1. The van der Waals surface area contributed by atoms with Crippen molar-refractivity contribution >= 4 is 0 Å². The highest BCUT2D eigenvalue weighted by molar-refractivity contribution is 5.72. The summed E-state index contributed by atoms with van der Waals surface area (Å²) in [5.74, 6) is 0. The molecule has 1 heteroatoms. The molecule has 0 saturated heterocycles. The number of hydrogen-bond acceptors (Lipinski definition) is 1. The van der Waals surface area contributed by atoms with E-state index in [2.05, 4.69) is 50.0 Å². The molecule has 0 amide bonds. The zero-order valence-corrected chi connectivity index (χ0v) is 9.41. The molecule has 0 unspecified atom stereocenters. The van der Waals surface area contributed by atoms with Crippen LogP contribution in [-0.2, 0) is 0 Å². The molecule has 2 aromatic rings. The van der Waals surface area contributed by atoms with Gasteiger partial charge in [0.1, 0.15) is 0 Å². The first kappa shape index (κ1) is 9.91. The van der Waals surface area contributed by atoms with Crippen LogP contribution in [0.2, 0.25) is 0 Å². The maximum Gasteiger partial charge on any atom is 0.0303 e. The Kier molecular flexibility index (Phi) is 2.55. The molecule has 0 atom stereocenters. The van der Waals surface area contributed by atoms with Gasteiger partial charge in [-0.15, -0.1) is 0 Å². The molecule has 1 aromatic heterocycles. The Morgan fingerprint density at radius 2 is 1.53 bits per heavy atom. The summed E-state index contributed by atoms with van der Waals surface area (Å²) in [4.78, 5) is 4.13. The maximum atomic E-state index is 4.13. The highest BCUT2D eigenvalue weighted by Crippen LogP contribution is 2.28. The minimum atomic E-state index is 1.23. The average molecular weight is 197 g/mol. The Hall–Kier alpha value is -1.63. The van der Waals surface area contributed by atoms with Gasteiger partial charge in [0.2, 0.25) is 0 Å². The second-order valence-corrected chi connectivity index (χ2v) is 3.96. The second-order valence-electron chi connectivity index (χ2n) is 3.96. The molecule has 1 heterocycles. The topological polar surface area (TPSA) is 12.9 Å². The van der Waals surface area contributed by atoms with Crippen LogP contribution in [0.25, 0.3) is 11.1 Å². The largest absolute Gasteiger partial charge is 0.264 e. The van der Waals surface area contributed by atoms with Gasteiger partial charge in [0.15, 0.2) is 0 Å². The lowest BCUT2D eigenvalue weighted by molar-refractivity contribution is 1.26. The van der Waals surface area contributed by atoms with E-state index in [1.165, 1.54) is 27.8 Å². The van der Waals surface area contributed by atoms with Crippen molar-refractivity contribution in [3.8, 4) is 11.1 Å². The monoisotopic (exact) mass is 197 g/mol. The highest BCUT2D eigenvalue weighted by atomic mass is 14.6. The van der Waals surface area contributed by atoms with Crippen molar-refractivity contribution in [1.82, 2.24) is 4.98 Å². The molecule has 1 nitrogen and oxygen atoms in total. The summed E-state index contributed by atoms with van der Waals surface area (Å²) >= 11 is 0. The van der Waals surface area contributed by atoms with Crippen LogP contribution in [0.1, 0.15) is 16.7 Å². The lowest BCUT2D eigenvalue weighted by Crippen LogP contribution is -1.90. The number of pyridine rings is 1. The highest BCUT2D eigenvalue weighted by Gasteiger charge is 2.06. The summed E-state index contributed by atoms with van der Waals surface area (Å²) in [5.41, 5.74) is 6.52. The van der Waals surface area contributed by atoms with Gasteiger partial charge in [-0.2, -0.15) is 0 Å². The fourth-order valence-corrected chi connectivity index (χ4v) is 1.99. The van der Waals surface area contributed by atoms with E-state index >= 15 is 0 Å². The molecular weight excluding hydrogens is 182 g/mol. The van der Waals surface area contributed by atoms with Crippen molar-refractivity contribution in [1.29, 1.82) is 0 Å². The third-order valence-electron chi connectivity index (χ3n) is 2.77. The Bertz CT molecular complexity index is 466. The van der Waals surface area contributed by atoms with Crippen LogP contribution >= 0.6 is 0 Å². The van der Waals surface area contributed by atoms with Gasteiger partial charge in [0.05, 0.1) is 0 Å². The molecule has 0 spiro atoms. The number of aryl methyl sites for hydroxylation is 3. The number of hydrogen-bond donors (Lipinski definition) is 0. The van der Waals surface area contributed by atoms with E-state index in [-0.39, 0.29) is 0 Å². The zero-order valence-electron chi connectivity index (χ0n) is 9.41. The van der Waals surface area contributed by atoms with Gasteiger partial charge in [-0.25, -0.2) is 0 Å². The molecule has 0 aliphatic carbocycles. The molecule has 15 heavy (non-hydrogen) atoms. The quantitative estimate of drug-likeness (QED) is 0.679. The first-order chi connectivity index (χ1) is 7.20. The van der Waals surface area contributed by atoms with Gasteiger partial charge >= 0.3 is 0 Å². The minimum Gasteiger partial charge on any atom is -0.264 e. The van der Waals surface area contributed by atoms with E-state index in [1.54, 1.807) is 0 Å². The van der Waals surface area contributed by atoms with Gasteiger partial charge < -0.3 is 0 Å². The molecule has 2 rings (SSSR count). The van der Waals surface area contributed by atoms with E-state index in [4.69, 9.17) is 0 Å². The average Bonchev–Trinajstić information content (AvgIpc) is 2.20. The summed E-state index contributed by atoms with van der Waals surface area (Å²) in [6, 6.07) is 8.50. The van der Waals surface area contributed by atoms with Crippen molar-refractivity contribution in [2.45, 2.75) is 20.8 Å². The predicted molar refractivity (Wildman–Crippen MR) is 63.9 cm³/mol. The van der Waals surface area contributed by atoms with Gasteiger partial charge in [0.25, 0.3) is 0 Å². The van der Waals surface area contributed by atoms with Gasteiger partial charge in [-0.1, -0.05) is 18.2 Å². The molecule has 0 bridgehead atoms. The van der Waals surface area contributed by atoms with Crippen LogP contribution in [0.3, 0.4) is 0 Å². The van der Waals surface area contributed by atoms with E-state index in [0.717, 1.165) is 0 Å². The molecular formula is C14H15N. The van der Waals surface area contributed by atoms with E-state index in [9.17, 15) is 0 Å². The standard InChI is InChI=1S/C14H15N/c1-10-5-4-6-11(2)14(10)13-7-8-15-9-12(13)3/h4-9H,1-3H3. The Labute approximate surface area is 90.8 Å². The summed E-state index contributed by atoms with van der Waals surface area (Å²) in [7, 11) is 0. The van der Waals surface area contributed by atoms with Crippen molar-refractivity contribution in [2.24, 2.45) is 0 Å².